The van der Waals surface area contributed by atoms with Gasteiger partial charge in [-0.25, -0.2) is 4.79 Å². The van der Waals surface area contributed by atoms with Crippen LogP contribution in [-0.2, 0) is 27.2 Å². The van der Waals surface area contributed by atoms with E-state index in [-0.39, 0.29) is 12.3 Å². The average molecular weight is 490 g/mol. The molecule has 3 unspecified atom stereocenters. The van der Waals surface area contributed by atoms with Crippen LogP contribution in [0.5, 0.6) is 0 Å². The molecule has 2 aromatic heterocycles. The largest absolute Gasteiger partial charge is 0.480 e. The molecule has 0 radical (unpaired) electrons. The summed E-state index contributed by atoms with van der Waals surface area (Å²) < 4.78 is 0. The number of hydrogen-bond acceptors (Lipinski definition) is 4. The van der Waals surface area contributed by atoms with Crippen LogP contribution in [0.4, 0.5) is 0 Å². The standard InChI is InChI=1S/C27H31N5O4/c1-15(2)24(32-25(33)20(28)11-16-13-29-21-9-5-3-7-18(16)21)26(34)31-23(27(35)36)12-17-14-30-22-10-6-4-8-19(17)22/h3-10,13-15,20,23-24,29-30H,11-12,28H2,1-2H3,(H,31,34)(H,32,33)(H,35,36). The van der Waals surface area contributed by atoms with E-state index in [1.807, 2.05) is 54.7 Å². The van der Waals surface area contributed by atoms with Gasteiger partial charge in [-0.3, -0.25) is 9.59 Å². The van der Waals surface area contributed by atoms with Crippen molar-refractivity contribution in [3.63, 3.8) is 0 Å². The molecule has 2 heterocycles. The van der Waals surface area contributed by atoms with Gasteiger partial charge in [0.2, 0.25) is 11.8 Å². The summed E-state index contributed by atoms with van der Waals surface area (Å²) in [6, 6.07) is 12.3. The Labute approximate surface area is 208 Å². The molecule has 4 aromatic rings. The smallest absolute Gasteiger partial charge is 0.326 e. The van der Waals surface area contributed by atoms with Crippen LogP contribution in [0.2, 0.25) is 0 Å². The molecule has 0 bridgehead atoms. The maximum absolute atomic E-state index is 13.1. The van der Waals surface area contributed by atoms with Gasteiger partial charge in [-0.1, -0.05) is 50.2 Å². The second-order valence-corrected chi connectivity index (χ2v) is 9.36. The fraction of sp³-hybridized carbons (Fsp3) is 0.296. The number of H-pyrrole nitrogens is 2. The molecular weight excluding hydrogens is 458 g/mol. The van der Waals surface area contributed by atoms with Crippen LogP contribution >= 0.6 is 0 Å². The van der Waals surface area contributed by atoms with Crippen molar-refractivity contribution in [3.05, 3.63) is 72.1 Å². The fourth-order valence-electron chi connectivity index (χ4n) is 4.41. The molecule has 0 aliphatic rings. The van der Waals surface area contributed by atoms with Gasteiger partial charge in [0.05, 0.1) is 6.04 Å². The molecule has 2 aromatic carbocycles. The van der Waals surface area contributed by atoms with Gasteiger partial charge in [-0.15, -0.1) is 0 Å². The van der Waals surface area contributed by atoms with Gasteiger partial charge < -0.3 is 31.4 Å². The highest BCUT2D eigenvalue weighted by Crippen LogP contribution is 2.20. The zero-order valence-electron chi connectivity index (χ0n) is 20.2. The maximum atomic E-state index is 13.1. The van der Waals surface area contributed by atoms with Crippen LogP contribution in [-0.4, -0.2) is 51.0 Å². The molecule has 2 amide bonds. The summed E-state index contributed by atoms with van der Waals surface area (Å²) in [6.45, 7) is 3.57. The summed E-state index contributed by atoms with van der Waals surface area (Å²) >= 11 is 0. The van der Waals surface area contributed by atoms with Gasteiger partial charge in [-0.05, 0) is 35.6 Å². The summed E-state index contributed by atoms with van der Waals surface area (Å²) in [6.07, 6.45) is 3.97. The maximum Gasteiger partial charge on any atom is 0.326 e. The van der Waals surface area contributed by atoms with E-state index in [0.29, 0.717) is 6.42 Å². The summed E-state index contributed by atoms with van der Waals surface area (Å²) in [7, 11) is 0. The summed E-state index contributed by atoms with van der Waals surface area (Å²) in [5, 5.41) is 17.0. The molecule has 0 saturated carbocycles. The Kier molecular flexibility index (Phi) is 7.40. The Hall–Kier alpha value is -4.11. The lowest BCUT2D eigenvalue weighted by atomic mass is 10.00. The SMILES string of the molecule is CC(C)C(NC(=O)C(N)Cc1c[nH]c2ccccc12)C(=O)NC(Cc1c[nH]c2ccccc12)C(=O)O. The third-order valence-electron chi connectivity index (χ3n) is 6.41. The molecule has 0 fully saturated rings. The number of amides is 2. The highest BCUT2D eigenvalue weighted by atomic mass is 16.4. The normalized spacial score (nSPS) is 14.0. The quantitative estimate of drug-likeness (QED) is 0.202. The highest BCUT2D eigenvalue weighted by Gasteiger charge is 2.30. The van der Waals surface area contributed by atoms with Gasteiger partial charge >= 0.3 is 5.97 Å². The van der Waals surface area contributed by atoms with Crippen LogP contribution in [0.1, 0.15) is 25.0 Å². The topological polar surface area (TPSA) is 153 Å². The Morgan fingerprint density at radius 2 is 1.36 bits per heavy atom. The highest BCUT2D eigenvalue weighted by molar-refractivity contribution is 5.93. The van der Waals surface area contributed by atoms with E-state index >= 15 is 0 Å². The molecule has 36 heavy (non-hydrogen) atoms. The van der Waals surface area contributed by atoms with E-state index in [4.69, 9.17) is 5.73 Å². The molecule has 3 atom stereocenters. The Balaban J connectivity index is 1.42. The van der Waals surface area contributed by atoms with Crippen molar-refractivity contribution < 1.29 is 19.5 Å². The number of carbonyl (C=O) groups excluding carboxylic acids is 2. The average Bonchev–Trinajstić information content (AvgIpc) is 3.46. The molecule has 4 rings (SSSR count). The summed E-state index contributed by atoms with van der Waals surface area (Å²) in [4.78, 5) is 44.2. The minimum atomic E-state index is -1.16. The minimum absolute atomic E-state index is 0.101. The second kappa shape index (κ2) is 10.7. The number of benzene rings is 2. The number of aliphatic carboxylic acids is 1. The van der Waals surface area contributed by atoms with Crippen molar-refractivity contribution in [2.75, 3.05) is 0 Å². The second-order valence-electron chi connectivity index (χ2n) is 9.36. The van der Waals surface area contributed by atoms with Crippen LogP contribution in [0.15, 0.2) is 60.9 Å². The molecule has 7 N–H and O–H groups in total. The number of nitrogens with two attached hydrogens (primary N) is 1. The van der Waals surface area contributed by atoms with E-state index < -0.39 is 35.9 Å². The first-order chi connectivity index (χ1) is 17.2. The van der Waals surface area contributed by atoms with Crippen LogP contribution in [0, 0.1) is 5.92 Å². The lowest BCUT2D eigenvalue weighted by Crippen LogP contribution is -2.56. The molecule has 0 spiro atoms. The molecule has 9 heteroatoms. The van der Waals surface area contributed by atoms with E-state index in [0.717, 1.165) is 32.9 Å². The summed E-state index contributed by atoms with van der Waals surface area (Å²) in [5.74, 6) is -2.47. The van der Waals surface area contributed by atoms with E-state index in [1.54, 1.807) is 20.0 Å². The van der Waals surface area contributed by atoms with Crippen molar-refractivity contribution >= 4 is 39.6 Å². The van der Waals surface area contributed by atoms with Crippen molar-refractivity contribution in [2.45, 2.75) is 44.8 Å². The molecule has 0 aliphatic heterocycles. The first-order valence-corrected chi connectivity index (χ1v) is 11.9. The number of nitrogens with one attached hydrogen (secondary N) is 4. The Bertz CT molecular complexity index is 1390. The Morgan fingerprint density at radius 3 is 1.89 bits per heavy atom. The minimum Gasteiger partial charge on any atom is -0.480 e. The van der Waals surface area contributed by atoms with E-state index in [1.165, 1.54) is 0 Å². The van der Waals surface area contributed by atoms with Crippen molar-refractivity contribution in [3.8, 4) is 0 Å². The summed E-state index contributed by atoms with van der Waals surface area (Å²) in [5.41, 5.74) is 9.71. The van der Waals surface area contributed by atoms with Crippen LogP contribution in [0.3, 0.4) is 0 Å². The molecule has 188 valence electrons. The zero-order chi connectivity index (χ0) is 25.8. The molecule has 0 saturated heterocycles. The number of aromatic nitrogens is 2. The van der Waals surface area contributed by atoms with E-state index in [9.17, 15) is 19.5 Å². The fourth-order valence-corrected chi connectivity index (χ4v) is 4.41. The zero-order valence-corrected chi connectivity index (χ0v) is 20.2. The Morgan fingerprint density at radius 1 is 0.833 bits per heavy atom. The van der Waals surface area contributed by atoms with Crippen molar-refractivity contribution in [1.29, 1.82) is 0 Å². The predicted molar refractivity (Wildman–Crippen MR) is 138 cm³/mol. The van der Waals surface area contributed by atoms with Crippen LogP contribution < -0.4 is 16.4 Å². The number of fused-ring (bicyclic) bond motifs is 2. The van der Waals surface area contributed by atoms with E-state index in [2.05, 4.69) is 20.6 Å². The number of carbonyl (C=O) groups is 3. The van der Waals surface area contributed by atoms with Gasteiger partial charge in [0.15, 0.2) is 0 Å². The first kappa shape index (κ1) is 25.0. The molecular formula is C27H31N5O4. The lowest BCUT2D eigenvalue weighted by Gasteiger charge is -2.25. The van der Waals surface area contributed by atoms with Gasteiger partial charge in [0.1, 0.15) is 12.1 Å². The molecule has 9 nitrogen and oxygen atoms in total. The van der Waals surface area contributed by atoms with Crippen LogP contribution in [0.25, 0.3) is 21.8 Å². The lowest BCUT2D eigenvalue weighted by molar-refractivity contribution is -0.142. The number of para-hydroxylation sites is 2. The number of rotatable bonds is 10. The third-order valence-corrected chi connectivity index (χ3v) is 6.41. The number of aromatic amines is 2. The van der Waals surface area contributed by atoms with Crippen molar-refractivity contribution in [1.82, 2.24) is 20.6 Å². The number of carboxylic acids is 1. The first-order valence-electron chi connectivity index (χ1n) is 11.9. The number of hydrogen-bond donors (Lipinski definition) is 6. The van der Waals surface area contributed by atoms with Gasteiger partial charge in [0.25, 0.3) is 0 Å². The van der Waals surface area contributed by atoms with Gasteiger partial charge in [0, 0.05) is 40.6 Å². The molecule has 0 aliphatic carbocycles. The monoisotopic (exact) mass is 489 g/mol. The third kappa shape index (κ3) is 5.41. The number of carboxylic acid groups (broad SMARTS) is 1. The predicted octanol–water partition coefficient (Wildman–Crippen LogP) is 2.47. The van der Waals surface area contributed by atoms with Crippen molar-refractivity contribution in [2.24, 2.45) is 11.7 Å². The van der Waals surface area contributed by atoms with Gasteiger partial charge in [-0.2, -0.15) is 0 Å².